The van der Waals surface area contributed by atoms with Gasteiger partial charge in [0, 0.05) is 43.1 Å². The number of nitrogens with one attached hydrogen (secondary N) is 2. The first kappa shape index (κ1) is 20.9. The largest absolute Gasteiger partial charge is 0.352 e. The van der Waals surface area contributed by atoms with E-state index in [1.165, 1.54) is 0 Å². The molecule has 1 saturated heterocycles. The molecule has 3 aromatic rings. The lowest BCUT2D eigenvalue weighted by atomic mass is 10.2. The SMILES string of the molecule is Cc1ccc(Nc2ccc(N3CCN(C(=O)Nc4ccc(C)c(Cl)c4)CC3)nn2)nc1. The molecule has 1 aliphatic rings. The summed E-state index contributed by atoms with van der Waals surface area (Å²) in [5.74, 6) is 2.14. The van der Waals surface area contributed by atoms with E-state index in [4.69, 9.17) is 11.6 Å². The predicted molar refractivity (Wildman–Crippen MR) is 123 cm³/mol. The van der Waals surface area contributed by atoms with Crippen LogP contribution in [0.4, 0.5) is 27.9 Å². The van der Waals surface area contributed by atoms with Crippen molar-refractivity contribution in [3.05, 3.63) is 64.8 Å². The highest BCUT2D eigenvalue weighted by Crippen LogP contribution is 2.21. The number of urea groups is 1. The second-order valence-electron chi connectivity index (χ2n) is 7.49. The van der Waals surface area contributed by atoms with E-state index in [1.807, 2.05) is 50.2 Å². The van der Waals surface area contributed by atoms with Crippen LogP contribution in [0.1, 0.15) is 11.1 Å². The third-order valence-electron chi connectivity index (χ3n) is 5.13. The first-order valence-corrected chi connectivity index (χ1v) is 10.5. The Balaban J connectivity index is 1.30. The van der Waals surface area contributed by atoms with E-state index in [2.05, 4.69) is 30.7 Å². The summed E-state index contributed by atoms with van der Waals surface area (Å²) in [6.07, 6.45) is 1.80. The van der Waals surface area contributed by atoms with Gasteiger partial charge >= 0.3 is 6.03 Å². The Morgan fingerprint density at radius 3 is 2.39 bits per heavy atom. The van der Waals surface area contributed by atoms with Gasteiger partial charge in [0.15, 0.2) is 11.6 Å². The Bertz CT molecular complexity index is 1050. The van der Waals surface area contributed by atoms with Crippen molar-refractivity contribution >= 4 is 40.8 Å². The van der Waals surface area contributed by atoms with Crippen LogP contribution in [0.25, 0.3) is 0 Å². The van der Waals surface area contributed by atoms with Crippen molar-refractivity contribution in [1.29, 1.82) is 0 Å². The van der Waals surface area contributed by atoms with Crippen molar-refractivity contribution in [2.75, 3.05) is 41.7 Å². The molecule has 2 N–H and O–H groups in total. The third kappa shape index (κ3) is 5.21. The summed E-state index contributed by atoms with van der Waals surface area (Å²) < 4.78 is 0. The topological polar surface area (TPSA) is 86.3 Å². The fourth-order valence-electron chi connectivity index (χ4n) is 3.25. The molecule has 0 spiro atoms. The molecule has 8 nitrogen and oxygen atoms in total. The summed E-state index contributed by atoms with van der Waals surface area (Å²) in [6.45, 7) is 6.48. The minimum Gasteiger partial charge on any atom is -0.352 e. The number of benzene rings is 1. The fourth-order valence-corrected chi connectivity index (χ4v) is 3.43. The van der Waals surface area contributed by atoms with Crippen molar-refractivity contribution in [1.82, 2.24) is 20.1 Å². The van der Waals surface area contributed by atoms with Crippen LogP contribution in [0.5, 0.6) is 0 Å². The third-order valence-corrected chi connectivity index (χ3v) is 5.54. The zero-order valence-corrected chi connectivity index (χ0v) is 18.2. The number of carbonyl (C=O) groups is 1. The number of aryl methyl sites for hydroxylation is 2. The number of amides is 2. The van der Waals surface area contributed by atoms with Crippen molar-refractivity contribution in [3.63, 3.8) is 0 Å². The summed E-state index contributed by atoms with van der Waals surface area (Å²) >= 11 is 6.14. The van der Waals surface area contributed by atoms with Gasteiger partial charge in [-0.05, 0) is 55.3 Å². The Morgan fingerprint density at radius 2 is 1.74 bits per heavy atom. The van der Waals surface area contributed by atoms with E-state index < -0.39 is 0 Å². The average Bonchev–Trinajstić information content (AvgIpc) is 2.78. The van der Waals surface area contributed by atoms with Crippen LogP contribution in [-0.2, 0) is 0 Å². The molecule has 0 aliphatic carbocycles. The van der Waals surface area contributed by atoms with Gasteiger partial charge in [-0.3, -0.25) is 0 Å². The quantitative estimate of drug-likeness (QED) is 0.634. The van der Waals surface area contributed by atoms with Crippen molar-refractivity contribution in [2.24, 2.45) is 0 Å². The van der Waals surface area contributed by atoms with E-state index >= 15 is 0 Å². The molecule has 1 aromatic carbocycles. The Morgan fingerprint density at radius 1 is 0.968 bits per heavy atom. The van der Waals surface area contributed by atoms with Gasteiger partial charge in [0.2, 0.25) is 0 Å². The maximum absolute atomic E-state index is 12.6. The zero-order chi connectivity index (χ0) is 21.8. The Labute approximate surface area is 186 Å². The smallest absolute Gasteiger partial charge is 0.321 e. The van der Waals surface area contributed by atoms with Gasteiger partial charge < -0.3 is 20.4 Å². The Hall–Kier alpha value is -3.39. The second-order valence-corrected chi connectivity index (χ2v) is 7.90. The van der Waals surface area contributed by atoms with E-state index in [0.29, 0.717) is 42.7 Å². The maximum Gasteiger partial charge on any atom is 0.321 e. The minimum atomic E-state index is -0.129. The number of anilines is 4. The number of aromatic nitrogens is 3. The van der Waals surface area contributed by atoms with Gasteiger partial charge in [0.25, 0.3) is 0 Å². The lowest BCUT2D eigenvalue weighted by molar-refractivity contribution is 0.208. The van der Waals surface area contributed by atoms with E-state index in [0.717, 1.165) is 22.8 Å². The molecule has 0 unspecified atom stereocenters. The molecule has 2 aromatic heterocycles. The summed E-state index contributed by atoms with van der Waals surface area (Å²) in [7, 11) is 0. The number of rotatable bonds is 4. The van der Waals surface area contributed by atoms with Crippen LogP contribution in [0.3, 0.4) is 0 Å². The van der Waals surface area contributed by atoms with Crippen LogP contribution in [0.2, 0.25) is 5.02 Å². The molecular formula is C22H24ClN7O. The first-order valence-electron chi connectivity index (χ1n) is 10.1. The molecule has 31 heavy (non-hydrogen) atoms. The number of halogens is 1. The standard InChI is InChI=1S/C22H24ClN7O/c1-15-3-6-19(24-14-15)26-20-7-8-21(28-27-20)29-9-11-30(12-10-29)22(31)25-17-5-4-16(2)18(23)13-17/h3-8,13-14H,9-12H2,1-2H3,(H,25,31)(H,24,26,27). The molecule has 0 radical (unpaired) electrons. The molecule has 9 heteroatoms. The van der Waals surface area contributed by atoms with Crippen molar-refractivity contribution in [3.8, 4) is 0 Å². The van der Waals surface area contributed by atoms with Gasteiger partial charge in [-0.25, -0.2) is 9.78 Å². The van der Waals surface area contributed by atoms with Crippen LogP contribution in [-0.4, -0.2) is 52.3 Å². The maximum atomic E-state index is 12.6. The highest BCUT2D eigenvalue weighted by Gasteiger charge is 2.22. The highest BCUT2D eigenvalue weighted by atomic mass is 35.5. The fraction of sp³-hybridized carbons (Fsp3) is 0.273. The molecule has 4 rings (SSSR count). The second kappa shape index (κ2) is 9.18. The summed E-state index contributed by atoms with van der Waals surface area (Å²) in [5, 5.41) is 15.3. The molecule has 2 amide bonds. The number of hydrogen-bond donors (Lipinski definition) is 2. The molecule has 3 heterocycles. The zero-order valence-electron chi connectivity index (χ0n) is 17.5. The number of piperazine rings is 1. The number of nitrogens with zero attached hydrogens (tertiary/aromatic N) is 5. The van der Waals surface area contributed by atoms with E-state index in [9.17, 15) is 4.79 Å². The monoisotopic (exact) mass is 437 g/mol. The van der Waals surface area contributed by atoms with Crippen LogP contribution < -0.4 is 15.5 Å². The van der Waals surface area contributed by atoms with Gasteiger partial charge in [0.1, 0.15) is 5.82 Å². The number of carbonyl (C=O) groups excluding carboxylic acids is 1. The van der Waals surface area contributed by atoms with Crippen LogP contribution in [0, 0.1) is 13.8 Å². The average molecular weight is 438 g/mol. The lowest BCUT2D eigenvalue weighted by Crippen LogP contribution is -2.50. The van der Waals surface area contributed by atoms with Gasteiger partial charge in [-0.15, -0.1) is 10.2 Å². The number of hydrogen-bond acceptors (Lipinski definition) is 6. The minimum absolute atomic E-state index is 0.129. The van der Waals surface area contributed by atoms with Gasteiger partial charge in [-0.2, -0.15) is 0 Å². The number of pyridine rings is 1. The molecule has 0 bridgehead atoms. The van der Waals surface area contributed by atoms with Crippen molar-refractivity contribution < 1.29 is 4.79 Å². The molecule has 0 saturated carbocycles. The highest BCUT2D eigenvalue weighted by molar-refractivity contribution is 6.31. The normalized spacial score (nSPS) is 13.8. The van der Waals surface area contributed by atoms with Gasteiger partial charge in [-0.1, -0.05) is 23.7 Å². The van der Waals surface area contributed by atoms with E-state index in [-0.39, 0.29) is 6.03 Å². The van der Waals surface area contributed by atoms with Gasteiger partial charge in [0.05, 0.1) is 0 Å². The molecule has 1 aliphatic heterocycles. The summed E-state index contributed by atoms with van der Waals surface area (Å²) in [5.41, 5.74) is 2.77. The molecule has 160 valence electrons. The van der Waals surface area contributed by atoms with Crippen molar-refractivity contribution in [2.45, 2.75) is 13.8 Å². The molecule has 0 atom stereocenters. The molecular weight excluding hydrogens is 414 g/mol. The van der Waals surface area contributed by atoms with E-state index in [1.54, 1.807) is 17.2 Å². The molecule has 1 fully saturated rings. The summed E-state index contributed by atoms with van der Waals surface area (Å²) in [6, 6.07) is 13.1. The summed E-state index contributed by atoms with van der Waals surface area (Å²) in [4.78, 5) is 20.8. The van der Waals surface area contributed by atoms with Crippen LogP contribution >= 0.6 is 11.6 Å². The lowest BCUT2D eigenvalue weighted by Gasteiger charge is -2.35. The predicted octanol–water partition coefficient (Wildman–Crippen LogP) is 4.24. The first-order chi connectivity index (χ1) is 15.0. The Kier molecular flexibility index (Phi) is 6.18. The van der Waals surface area contributed by atoms with Crippen LogP contribution in [0.15, 0.2) is 48.7 Å².